The molecular formula is C13H15NO2. The van der Waals surface area contributed by atoms with Gasteiger partial charge in [-0.3, -0.25) is 4.79 Å². The topological polar surface area (TPSA) is 37.4 Å². The van der Waals surface area contributed by atoms with E-state index in [0.717, 1.165) is 17.5 Å². The van der Waals surface area contributed by atoms with Gasteiger partial charge in [-0.15, -0.1) is 0 Å². The third-order valence-corrected chi connectivity index (χ3v) is 3.14. The Morgan fingerprint density at radius 1 is 1.44 bits per heavy atom. The highest BCUT2D eigenvalue weighted by atomic mass is 16.2. The molecule has 0 N–H and O–H groups in total. The minimum Gasteiger partial charge on any atom is -0.310 e. The van der Waals surface area contributed by atoms with Crippen LogP contribution in [0, 0.1) is 0 Å². The van der Waals surface area contributed by atoms with Crippen LogP contribution in [0.2, 0.25) is 0 Å². The van der Waals surface area contributed by atoms with E-state index in [9.17, 15) is 9.59 Å². The molecule has 1 aliphatic rings. The summed E-state index contributed by atoms with van der Waals surface area (Å²) in [6, 6.07) is 7.72. The fourth-order valence-corrected chi connectivity index (χ4v) is 2.47. The zero-order chi connectivity index (χ0) is 11.7. The lowest BCUT2D eigenvalue weighted by Crippen LogP contribution is -2.42. The average Bonchev–Trinajstić information content (AvgIpc) is 2.27. The van der Waals surface area contributed by atoms with E-state index in [4.69, 9.17) is 0 Å². The quantitative estimate of drug-likeness (QED) is 0.676. The Hall–Kier alpha value is -1.64. The third-order valence-electron chi connectivity index (χ3n) is 3.14. The minimum absolute atomic E-state index is 0.0318. The lowest BCUT2D eigenvalue weighted by Gasteiger charge is -2.37. The van der Waals surface area contributed by atoms with Gasteiger partial charge < -0.3 is 9.69 Å². The summed E-state index contributed by atoms with van der Waals surface area (Å²) in [7, 11) is 0. The van der Waals surface area contributed by atoms with Gasteiger partial charge in [0.2, 0.25) is 5.91 Å². The number of rotatable bonds is 1. The first-order chi connectivity index (χ1) is 7.65. The summed E-state index contributed by atoms with van der Waals surface area (Å²) in [4.78, 5) is 24.4. The molecule has 0 aliphatic carbocycles. The van der Waals surface area contributed by atoms with E-state index in [1.165, 1.54) is 0 Å². The van der Waals surface area contributed by atoms with E-state index in [1.54, 1.807) is 11.8 Å². The Kier molecular flexibility index (Phi) is 2.77. The number of para-hydroxylation sites is 1. The van der Waals surface area contributed by atoms with Crippen molar-refractivity contribution in [2.24, 2.45) is 0 Å². The van der Waals surface area contributed by atoms with Gasteiger partial charge in [0.15, 0.2) is 0 Å². The van der Waals surface area contributed by atoms with Crippen LogP contribution in [0.4, 0.5) is 5.69 Å². The standard InChI is InChI=1S/C13H15NO2/c1-9-7-11(8-15)12-5-3-4-6-13(12)14(9)10(2)16/h3-6,8-9,11H,7H2,1-2H3/t9-,11+/m0/s1. The molecule has 0 unspecified atom stereocenters. The first-order valence-electron chi connectivity index (χ1n) is 5.49. The van der Waals surface area contributed by atoms with Gasteiger partial charge in [-0.25, -0.2) is 0 Å². The molecule has 1 amide bonds. The Labute approximate surface area is 95.1 Å². The van der Waals surface area contributed by atoms with Gasteiger partial charge in [-0.05, 0) is 25.0 Å². The second-order valence-electron chi connectivity index (χ2n) is 4.28. The maximum atomic E-state index is 11.6. The molecule has 0 saturated heterocycles. The van der Waals surface area contributed by atoms with Crippen LogP contribution in [-0.2, 0) is 9.59 Å². The van der Waals surface area contributed by atoms with Crippen LogP contribution in [0.15, 0.2) is 24.3 Å². The van der Waals surface area contributed by atoms with Crippen molar-refractivity contribution >= 4 is 17.9 Å². The molecule has 16 heavy (non-hydrogen) atoms. The van der Waals surface area contributed by atoms with Gasteiger partial charge >= 0.3 is 0 Å². The van der Waals surface area contributed by atoms with Crippen molar-refractivity contribution in [1.29, 1.82) is 0 Å². The van der Waals surface area contributed by atoms with E-state index < -0.39 is 0 Å². The molecule has 2 atom stereocenters. The number of nitrogens with zero attached hydrogens (tertiary/aromatic N) is 1. The molecule has 2 rings (SSSR count). The number of hydrogen-bond acceptors (Lipinski definition) is 2. The molecule has 1 aromatic rings. The fraction of sp³-hybridized carbons (Fsp3) is 0.385. The van der Waals surface area contributed by atoms with Crippen LogP contribution in [-0.4, -0.2) is 18.2 Å². The van der Waals surface area contributed by atoms with Crippen LogP contribution in [0.25, 0.3) is 0 Å². The van der Waals surface area contributed by atoms with E-state index in [1.807, 2.05) is 31.2 Å². The number of hydrogen-bond donors (Lipinski definition) is 0. The molecule has 84 valence electrons. The molecular weight excluding hydrogens is 202 g/mol. The maximum Gasteiger partial charge on any atom is 0.224 e. The van der Waals surface area contributed by atoms with Gasteiger partial charge in [0, 0.05) is 24.6 Å². The molecule has 1 aromatic carbocycles. The maximum absolute atomic E-state index is 11.6. The molecule has 0 saturated carbocycles. The molecule has 1 aliphatic heterocycles. The van der Waals surface area contributed by atoms with Crippen molar-refractivity contribution in [3.8, 4) is 0 Å². The highest BCUT2D eigenvalue weighted by molar-refractivity contribution is 5.94. The third kappa shape index (κ3) is 1.62. The van der Waals surface area contributed by atoms with Gasteiger partial charge in [-0.2, -0.15) is 0 Å². The zero-order valence-corrected chi connectivity index (χ0v) is 9.51. The molecule has 3 heteroatoms. The number of carbonyl (C=O) groups is 2. The summed E-state index contributed by atoms with van der Waals surface area (Å²) in [6.45, 7) is 3.54. The van der Waals surface area contributed by atoms with Gasteiger partial charge in [-0.1, -0.05) is 18.2 Å². The summed E-state index contributed by atoms with van der Waals surface area (Å²) < 4.78 is 0. The molecule has 0 spiro atoms. The second-order valence-corrected chi connectivity index (χ2v) is 4.28. The Morgan fingerprint density at radius 3 is 2.75 bits per heavy atom. The smallest absolute Gasteiger partial charge is 0.224 e. The van der Waals surface area contributed by atoms with Crippen molar-refractivity contribution in [3.05, 3.63) is 29.8 Å². The number of benzene rings is 1. The molecule has 3 nitrogen and oxygen atoms in total. The van der Waals surface area contributed by atoms with Crippen LogP contribution >= 0.6 is 0 Å². The molecule has 0 aromatic heterocycles. The van der Waals surface area contributed by atoms with Crippen molar-refractivity contribution in [3.63, 3.8) is 0 Å². The van der Waals surface area contributed by atoms with Gasteiger partial charge in [0.05, 0.1) is 0 Å². The summed E-state index contributed by atoms with van der Waals surface area (Å²) in [5.74, 6) is -0.0499. The second kappa shape index (κ2) is 4.08. The monoisotopic (exact) mass is 217 g/mol. The van der Waals surface area contributed by atoms with Crippen LogP contribution < -0.4 is 4.90 Å². The average molecular weight is 217 g/mol. The lowest BCUT2D eigenvalue weighted by molar-refractivity contribution is -0.117. The molecule has 0 radical (unpaired) electrons. The highest BCUT2D eigenvalue weighted by Crippen LogP contribution is 2.37. The van der Waals surface area contributed by atoms with Crippen LogP contribution in [0.5, 0.6) is 0 Å². The highest BCUT2D eigenvalue weighted by Gasteiger charge is 2.31. The van der Waals surface area contributed by atoms with Crippen molar-refractivity contribution in [1.82, 2.24) is 0 Å². The SMILES string of the molecule is CC(=O)N1c2ccccc2[C@@H](C=O)C[C@@H]1C. The molecule has 0 bridgehead atoms. The van der Waals surface area contributed by atoms with Crippen LogP contribution in [0.3, 0.4) is 0 Å². The van der Waals surface area contributed by atoms with E-state index >= 15 is 0 Å². The summed E-state index contributed by atoms with van der Waals surface area (Å²) in [6.07, 6.45) is 1.69. The first-order valence-corrected chi connectivity index (χ1v) is 5.49. The fourth-order valence-electron chi connectivity index (χ4n) is 2.47. The van der Waals surface area contributed by atoms with Crippen molar-refractivity contribution in [2.45, 2.75) is 32.2 Å². The number of anilines is 1. The van der Waals surface area contributed by atoms with Crippen LogP contribution in [0.1, 0.15) is 31.7 Å². The van der Waals surface area contributed by atoms with Gasteiger partial charge in [0.1, 0.15) is 6.29 Å². The summed E-state index contributed by atoms with van der Waals surface area (Å²) in [5.41, 5.74) is 1.84. The molecule has 0 fully saturated rings. The summed E-state index contributed by atoms with van der Waals surface area (Å²) in [5, 5.41) is 0. The number of fused-ring (bicyclic) bond motifs is 1. The Bertz CT molecular complexity index is 428. The Balaban J connectivity index is 2.53. The lowest BCUT2D eigenvalue weighted by atomic mass is 9.87. The first kappa shape index (κ1) is 10.9. The normalized spacial score (nSPS) is 23.8. The predicted octanol–water partition coefficient (Wildman–Crippen LogP) is 2.11. The Morgan fingerprint density at radius 2 is 2.12 bits per heavy atom. The van der Waals surface area contributed by atoms with Gasteiger partial charge in [0.25, 0.3) is 0 Å². The van der Waals surface area contributed by atoms with E-state index in [0.29, 0.717) is 6.42 Å². The minimum atomic E-state index is -0.0817. The largest absolute Gasteiger partial charge is 0.310 e. The number of carbonyl (C=O) groups excluding carboxylic acids is 2. The summed E-state index contributed by atoms with van der Waals surface area (Å²) >= 11 is 0. The van der Waals surface area contributed by atoms with E-state index in [-0.39, 0.29) is 17.9 Å². The molecule has 1 heterocycles. The number of amides is 1. The zero-order valence-electron chi connectivity index (χ0n) is 9.51. The van der Waals surface area contributed by atoms with Crippen molar-refractivity contribution < 1.29 is 9.59 Å². The van der Waals surface area contributed by atoms with E-state index in [2.05, 4.69) is 0 Å². The predicted molar refractivity (Wildman–Crippen MR) is 62.5 cm³/mol. The number of aldehydes is 1. The van der Waals surface area contributed by atoms with Crippen molar-refractivity contribution in [2.75, 3.05) is 4.90 Å².